The first-order chi connectivity index (χ1) is 9.97. The van der Waals surface area contributed by atoms with E-state index in [0.29, 0.717) is 10.8 Å². The molecule has 0 radical (unpaired) electrons. The number of rotatable bonds is 3. The van der Waals surface area contributed by atoms with Gasteiger partial charge in [0.25, 0.3) is 0 Å². The maximum Gasteiger partial charge on any atom is 0.0934 e. The van der Waals surface area contributed by atoms with Gasteiger partial charge in [-0.15, -0.1) is 0 Å². The van der Waals surface area contributed by atoms with E-state index >= 15 is 0 Å². The van der Waals surface area contributed by atoms with E-state index in [1.165, 1.54) is 37.7 Å². The molecule has 1 fully saturated rings. The fraction of sp³-hybridized carbons (Fsp3) is 0.700. The first kappa shape index (κ1) is 14.9. The molecular weight excluding hydrogens is 256 g/mol. The van der Waals surface area contributed by atoms with E-state index in [4.69, 9.17) is 4.42 Å². The number of fused-ring (bicyclic) bond motifs is 1. The van der Waals surface area contributed by atoms with Crippen LogP contribution in [0.25, 0.3) is 0 Å². The zero-order valence-electron chi connectivity index (χ0n) is 14.1. The van der Waals surface area contributed by atoms with Crippen LogP contribution < -0.4 is 0 Å². The average Bonchev–Trinajstić information content (AvgIpc) is 2.97. The summed E-state index contributed by atoms with van der Waals surface area (Å²) in [7, 11) is 0. The van der Waals surface area contributed by atoms with Crippen LogP contribution in [-0.2, 0) is 6.42 Å². The van der Waals surface area contributed by atoms with Crippen LogP contribution in [0.2, 0.25) is 0 Å². The highest BCUT2D eigenvalue weighted by atomic mass is 16.3. The van der Waals surface area contributed by atoms with Gasteiger partial charge in [-0.25, -0.2) is 0 Å². The van der Waals surface area contributed by atoms with E-state index in [1.54, 1.807) is 11.8 Å². The predicted molar refractivity (Wildman–Crippen MR) is 88.1 cm³/mol. The second kappa shape index (κ2) is 5.34. The van der Waals surface area contributed by atoms with Gasteiger partial charge >= 0.3 is 0 Å². The zero-order valence-corrected chi connectivity index (χ0v) is 14.1. The summed E-state index contributed by atoms with van der Waals surface area (Å²) < 4.78 is 5.25. The monoisotopic (exact) mass is 286 g/mol. The molecule has 0 aromatic carbocycles. The first-order valence-corrected chi connectivity index (χ1v) is 8.65. The van der Waals surface area contributed by atoms with Crippen LogP contribution in [0, 0.1) is 22.7 Å². The Morgan fingerprint density at radius 2 is 2.10 bits per heavy atom. The van der Waals surface area contributed by atoms with Crippen LogP contribution in [0.4, 0.5) is 0 Å². The van der Waals surface area contributed by atoms with Gasteiger partial charge in [0.05, 0.1) is 12.5 Å². The molecule has 0 N–H and O–H groups in total. The Morgan fingerprint density at radius 1 is 1.29 bits per heavy atom. The normalized spacial score (nSPS) is 39.7. The summed E-state index contributed by atoms with van der Waals surface area (Å²) in [4.78, 5) is 0. The molecule has 2 aliphatic carbocycles. The minimum absolute atomic E-state index is 0.440. The number of aryl methyl sites for hydroxylation is 1. The molecule has 0 saturated heterocycles. The van der Waals surface area contributed by atoms with Gasteiger partial charge in [0.2, 0.25) is 0 Å². The molecule has 21 heavy (non-hydrogen) atoms. The molecule has 1 aromatic rings. The van der Waals surface area contributed by atoms with Crippen LogP contribution in [0.5, 0.6) is 0 Å². The predicted octanol–water partition coefficient (Wildman–Crippen LogP) is 6.01. The van der Waals surface area contributed by atoms with Crippen molar-refractivity contribution in [1.82, 2.24) is 0 Å². The van der Waals surface area contributed by atoms with Crippen LogP contribution in [0.1, 0.15) is 65.4 Å². The number of allylic oxidation sites excluding steroid dienone is 2. The number of hydrogen-bond donors (Lipinski definition) is 0. The molecule has 1 saturated carbocycles. The van der Waals surface area contributed by atoms with Gasteiger partial charge in [0.15, 0.2) is 0 Å². The Bertz CT molecular complexity index is 512. The van der Waals surface area contributed by atoms with Crippen molar-refractivity contribution in [2.45, 2.75) is 66.2 Å². The summed E-state index contributed by atoms with van der Waals surface area (Å²) in [5.74, 6) is 1.67. The van der Waals surface area contributed by atoms with Crippen LogP contribution >= 0.6 is 0 Å². The molecule has 1 heteroatoms. The van der Waals surface area contributed by atoms with Crippen molar-refractivity contribution in [2.75, 3.05) is 0 Å². The lowest BCUT2D eigenvalue weighted by molar-refractivity contribution is -0.0466. The average molecular weight is 286 g/mol. The molecule has 116 valence electrons. The second-order valence-electron chi connectivity index (χ2n) is 8.01. The molecule has 4 unspecified atom stereocenters. The molecule has 3 rings (SSSR count). The fourth-order valence-corrected chi connectivity index (χ4v) is 5.18. The Kier molecular flexibility index (Phi) is 3.80. The SMILES string of the molecule is CC1=CCCC2C1(C)CCC(C)C2(C)CCc1ccoc1. The minimum Gasteiger partial charge on any atom is -0.472 e. The van der Waals surface area contributed by atoms with E-state index < -0.39 is 0 Å². The quantitative estimate of drug-likeness (QED) is 0.620. The highest BCUT2D eigenvalue weighted by Crippen LogP contribution is 2.61. The molecule has 0 aliphatic heterocycles. The highest BCUT2D eigenvalue weighted by molar-refractivity contribution is 5.21. The number of hydrogen-bond acceptors (Lipinski definition) is 1. The third-order valence-corrected chi connectivity index (χ3v) is 7.13. The van der Waals surface area contributed by atoms with Gasteiger partial charge in [0.1, 0.15) is 0 Å². The Hall–Kier alpha value is -0.980. The second-order valence-corrected chi connectivity index (χ2v) is 8.01. The Balaban J connectivity index is 1.85. The fourth-order valence-electron chi connectivity index (χ4n) is 5.18. The smallest absolute Gasteiger partial charge is 0.0934 e. The zero-order chi connectivity index (χ0) is 15.1. The minimum atomic E-state index is 0.440. The topological polar surface area (TPSA) is 13.1 Å². The summed E-state index contributed by atoms with van der Waals surface area (Å²) in [6.45, 7) is 9.96. The van der Waals surface area contributed by atoms with Crippen molar-refractivity contribution in [3.8, 4) is 0 Å². The summed E-state index contributed by atoms with van der Waals surface area (Å²) in [6, 6.07) is 2.13. The Labute approximate surface area is 129 Å². The van der Waals surface area contributed by atoms with Crippen LogP contribution in [0.15, 0.2) is 34.7 Å². The summed E-state index contributed by atoms with van der Waals surface area (Å²) in [5.41, 5.74) is 3.91. The van der Waals surface area contributed by atoms with E-state index in [1.807, 2.05) is 6.26 Å². The van der Waals surface area contributed by atoms with Gasteiger partial charge in [-0.05, 0) is 79.7 Å². The third kappa shape index (κ3) is 2.39. The molecule has 1 heterocycles. The van der Waals surface area contributed by atoms with Gasteiger partial charge < -0.3 is 4.42 Å². The largest absolute Gasteiger partial charge is 0.472 e. The van der Waals surface area contributed by atoms with Gasteiger partial charge in [0, 0.05) is 0 Å². The highest BCUT2D eigenvalue weighted by Gasteiger charge is 2.52. The van der Waals surface area contributed by atoms with E-state index in [0.717, 1.165) is 18.3 Å². The molecular formula is C20H30O. The van der Waals surface area contributed by atoms with E-state index in [9.17, 15) is 0 Å². The van der Waals surface area contributed by atoms with Gasteiger partial charge in [-0.2, -0.15) is 0 Å². The van der Waals surface area contributed by atoms with Gasteiger partial charge in [-0.1, -0.05) is 32.4 Å². The molecule has 0 amide bonds. The van der Waals surface area contributed by atoms with Crippen molar-refractivity contribution in [1.29, 1.82) is 0 Å². The molecule has 0 bridgehead atoms. The lowest BCUT2D eigenvalue weighted by atomic mass is 9.47. The summed E-state index contributed by atoms with van der Waals surface area (Å²) in [6.07, 6.45) is 14.1. The van der Waals surface area contributed by atoms with Crippen LogP contribution in [0.3, 0.4) is 0 Å². The molecule has 0 spiro atoms. The van der Waals surface area contributed by atoms with Gasteiger partial charge in [-0.3, -0.25) is 0 Å². The van der Waals surface area contributed by atoms with E-state index in [2.05, 4.69) is 39.8 Å². The third-order valence-electron chi connectivity index (χ3n) is 7.13. The van der Waals surface area contributed by atoms with Crippen molar-refractivity contribution in [3.05, 3.63) is 35.8 Å². The van der Waals surface area contributed by atoms with Crippen molar-refractivity contribution in [3.63, 3.8) is 0 Å². The number of furan rings is 1. The summed E-state index contributed by atoms with van der Waals surface area (Å²) in [5, 5.41) is 0. The van der Waals surface area contributed by atoms with E-state index in [-0.39, 0.29) is 0 Å². The molecule has 1 nitrogen and oxygen atoms in total. The molecule has 2 aliphatic rings. The standard InChI is InChI=1S/C20H30O/c1-15-6-5-7-18-19(15,3)11-8-16(2)20(18,4)12-9-17-10-13-21-14-17/h6,10,13-14,16,18H,5,7-9,11-12H2,1-4H3. The first-order valence-electron chi connectivity index (χ1n) is 8.65. The maximum absolute atomic E-state index is 5.25. The van der Waals surface area contributed by atoms with Crippen molar-refractivity contribution in [2.24, 2.45) is 22.7 Å². The van der Waals surface area contributed by atoms with Crippen molar-refractivity contribution >= 4 is 0 Å². The lowest BCUT2D eigenvalue weighted by Gasteiger charge is -2.58. The molecule has 1 aromatic heterocycles. The van der Waals surface area contributed by atoms with Crippen LogP contribution in [-0.4, -0.2) is 0 Å². The maximum atomic E-state index is 5.25. The summed E-state index contributed by atoms with van der Waals surface area (Å²) >= 11 is 0. The molecule has 4 atom stereocenters. The Morgan fingerprint density at radius 3 is 2.81 bits per heavy atom. The lowest BCUT2D eigenvalue weighted by Crippen LogP contribution is -2.49. The van der Waals surface area contributed by atoms with Crippen molar-refractivity contribution < 1.29 is 4.42 Å².